The van der Waals surface area contributed by atoms with Crippen LogP contribution in [0.3, 0.4) is 0 Å². The van der Waals surface area contributed by atoms with Crippen LogP contribution in [0.4, 0.5) is 0 Å². The van der Waals surface area contributed by atoms with Gasteiger partial charge in [0.15, 0.2) is 5.78 Å². The van der Waals surface area contributed by atoms with Crippen LogP contribution in [-0.2, 0) is 9.53 Å². The third-order valence-electron chi connectivity index (χ3n) is 5.25. The van der Waals surface area contributed by atoms with Crippen molar-refractivity contribution in [3.05, 3.63) is 81.0 Å². The smallest absolute Gasteiger partial charge is 0.336 e. The van der Waals surface area contributed by atoms with Gasteiger partial charge in [0.1, 0.15) is 5.75 Å². The number of carbonyl (C=O) groups is 2. The molecule has 0 radical (unpaired) electrons. The molecule has 0 amide bonds. The quantitative estimate of drug-likeness (QED) is 0.754. The van der Waals surface area contributed by atoms with E-state index in [0.717, 1.165) is 16.8 Å². The number of hydrogen-bond acceptors (Lipinski definition) is 5. The first-order valence-electron chi connectivity index (χ1n) is 9.34. The first-order chi connectivity index (χ1) is 14.0. The van der Waals surface area contributed by atoms with Gasteiger partial charge in [0.2, 0.25) is 0 Å². The number of hydrogen-bond donors (Lipinski definition) is 1. The molecule has 0 saturated carbocycles. The van der Waals surface area contributed by atoms with Gasteiger partial charge in [-0.2, -0.15) is 0 Å². The summed E-state index contributed by atoms with van der Waals surface area (Å²) >= 11 is 6.37. The topological polar surface area (TPSA) is 64.6 Å². The molecule has 0 unspecified atom stereocenters. The summed E-state index contributed by atoms with van der Waals surface area (Å²) in [7, 11) is 1.54. The second kappa shape index (κ2) is 7.41. The third kappa shape index (κ3) is 3.02. The molecular weight excluding hydrogens is 390 g/mol. The van der Waals surface area contributed by atoms with Gasteiger partial charge in [-0.05, 0) is 31.5 Å². The molecule has 0 saturated heterocycles. The normalized spacial score (nSPS) is 17.7. The fourth-order valence-corrected chi connectivity index (χ4v) is 4.27. The molecule has 2 aromatic carbocycles. The van der Waals surface area contributed by atoms with Gasteiger partial charge in [-0.15, -0.1) is 0 Å². The summed E-state index contributed by atoms with van der Waals surface area (Å²) in [6, 6.07) is 12.7. The Labute approximate surface area is 174 Å². The van der Waals surface area contributed by atoms with Crippen molar-refractivity contribution in [2.75, 3.05) is 13.7 Å². The summed E-state index contributed by atoms with van der Waals surface area (Å²) in [5.74, 6) is -0.620. The highest BCUT2D eigenvalue weighted by molar-refractivity contribution is 6.32. The fraction of sp³-hybridized carbons (Fsp3) is 0.217. The zero-order valence-corrected chi connectivity index (χ0v) is 17.1. The lowest BCUT2D eigenvalue weighted by molar-refractivity contribution is -0.138. The van der Waals surface area contributed by atoms with E-state index in [0.29, 0.717) is 33.2 Å². The van der Waals surface area contributed by atoms with Gasteiger partial charge >= 0.3 is 5.97 Å². The lowest BCUT2D eigenvalue weighted by atomic mass is 9.80. The van der Waals surface area contributed by atoms with Gasteiger partial charge in [-0.3, -0.25) is 4.79 Å². The molecule has 0 spiro atoms. The molecule has 148 valence electrons. The lowest BCUT2D eigenvalue weighted by Crippen LogP contribution is -2.29. The average Bonchev–Trinajstić information content (AvgIpc) is 2.99. The highest BCUT2D eigenvalue weighted by Crippen LogP contribution is 2.47. The number of nitrogens with one attached hydrogen (secondary N) is 1. The van der Waals surface area contributed by atoms with Crippen molar-refractivity contribution in [3.63, 3.8) is 0 Å². The molecule has 29 heavy (non-hydrogen) atoms. The van der Waals surface area contributed by atoms with E-state index in [9.17, 15) is 9.59 Å². The molecule has 1 aliphatic heterocycles. The van der Waals surface area contributed by atoms with Crippen LogP contribution in [0.25, 0.3) is 5.70 Å². The van der Waals surface area contributed by atoms with Crippen LogP contribution in [0.15, 0.2) is 59.3 Å². The number of fused-ring (bicyclic) bond motifs is 2. The Morgan fingerprint density at radius 3 is 2.55 bits per heavy atom. The summed E-state index contributed by atoms with van der Waals surface area (Å²) in [6.07, 6.45) is 0. The van der Waals surface area contributed by atoms with E-state index >= 15 is 0 Å². The van der Waals surface area contributed by atoms with E-state index in [2.05, 4.69) is 5.32 Å². The maximum atomic E-state index is 13.3. The van der Waals surface area contributed by atoms with Crippen molar-refractivity contribution < 1.29 is 19.1 Å². The fourth-order valence-electron chi connectivity index (χ4n) is 4.00. The van der Waals surface area contributed by atoms with Crippen molar-refractivity contribution in [1.82, 2.24) is 5.32 Å². The Balaban J connectivity index is 1.93. The maximum Gasteiger partial charge on any atom is 0.336 e. The molecule has 0 bridgehead atoms. The lowest BCUT2D eigenvalue weighted by Gasteiger charge is -2.29. The third-order valence-corrected chi connectivity index (χ3v) is 5.55. The monoisotopic (exact) mass is 409 g/mol. The zero-order chi connectivity index (χ0) is 20.7. The highest BCUT2D eigenvalue weighted by Gasteiger charge is 2.42. The summed E-state index contributed by atoms with van der Waals surface area (Å²) in [5.41, 5.74) is 4.51. The van der Waals surface area contributed by atoms with Crippen LogP contribution in [0.1, 0.15) is 41.3 Å². The first-order valence-corrected chi connectivity index (χ1v) is 9.72. The number of halogens is 1. The molecular formula is C23H20ClNO4. The van der Waals surface area contributed by atoms with Gasteiger partial charge in [0.05, 0.1) is 30.0 Å². The summed E-state index contributed by atoms with van der Waals surface area (Å²) < 4.78 is 10.6. The molecule has 2 aliphatic rings. The Bertz CT molecular complexity index is 1100. The Kier molecular flexibility index (Phi) is 4.92. The molecule has 0 aromatic heterocycles. The molecule has 1 heterocycles. The molecule has 6 heteroatoms. The SMILES string of the molecule is CCOC(=O)C1=C(C)NC2=C(C(=O)c3ccccc32)[C@H]1c1ccc(OC)c(Cl)c1. The number of ketones is 1. The zero-order valence-electron chi connectivity index (χ0n) is 16.3. The number of dihydropyridines is 1. The van der Waals surface area contributed by atoms with Crippen LogP contribution >= 0.6 is 11.6 Å². The minimum absolute atomic E-state index is 0.102. The van der Waals surface area contributed by atoms with Crippen molar-refractivity contribution in [3.8, 4) is 5.75 Å². The van der Waals surface area contributed by atoms with E-state index in [1.807, 2.05) is 31.2 Å². The second-order valence-corrected chi connectivity index (χ2v) is 7.28. The molecule has 1 N–H and O–H groups in total. The number of ether oxygens (including phenoxy) is 2. The van der Waals surface area contributed by atoms with Gasteiger partial charge in [-0.1, -0.05) is 41.9 Å². The van der Waals surface area contributed by atoms with Crippen LogP contribution in [0.5, 0.6) is 5.75 Å². The van der Waals surface area contributed by atoms with Crippen molar-refractivity contribution >= 4 is 29.1 Å². The van der Waals surface area contributed by atoms with Crippen LogP contribution in [-0.4, -0.2) is 25.5 Å². The van der Waals surface area contributed by atoms with E-state index in [4.69, 9.17) is 21.1 Å². The molecule has 2 aromatic rings. The minimum Gasteiger partial charge on any atom is -0.495 e. The molecule has 4 rings (SSSR count). The standard InChI is InChI=1S/C23H20ClNO4/c1-4-29-23(27)18-12(2)25-21-14-7-5-6-8-15(14)22(26)20(21)19(18)13-9-10-17(28-3)16(24)11-13/h5-11,19,25H,4H2,1-3H3/t19-/m0/s1. The highest BCUT2D eigenvalue weighted by atomic mass is 35.5. The number of benzene rings is 2. The van der Waals surface area contributed by atoms with Gasteiger partial charge in [0.25, 0.3) is 0 Å². The largest absolute Gasteiger partial charge is 0.495 e. The number of esters is 1. The summed E-state index contributed by atoms with van der Waals surface area (Å²) in [6.45, 7) is 3.82. The summed E-state index contributed by atoms with van der Waals surface area (Å²) in [5, 5.41) is 3.68. The Morgan fingerprint density at radius 1 is 1.17 bits per heavy atom. The van der Waals surface area contributed by atoms with Crippen LogP contribution in [0.2, 0.25) is 5.02 Å². The average molecular weight is 410 g/mol. The Morgan fingerprint density at radius 2 is 1.90 bits per heavy atom. The van der Waals surface area contributed by atoms with Crippen LogP contribution < -0.4 is 10.1 Å². The van der Waals surface area contributed by atoms with Gasteiger partial charge < -0.3 is 14.8 Å². The van der Waals surface area contributed by atoms with E-state index in [1.54, 1.807) is 25.1 Å². The van der Waals surface area contributed by atoms with Crippen molar-refractivity contribution in [2.24, 2.45) is 0 Å². The molecule has 1 atom stereocenters. The number of allylic oxidation sites excluding steroid dienone is 2. The van der Waals surface area contributed by atoms with Gasteiger partial charge in [0, 0.05) is 28.3 Å². The maximum absolute atomic E-state index is 13.3. The van der Waals surface area contributed by atoms with E-state index in [1.165, 1.54) is 7.11 Å². The summed E-state index contributed by atoms with van der Waals surface area (Å²) in [4.78, 5) is 26.2. The van der Waals surface area contributed by atoms with E-state index < -0.39 is 11.9 Å². The molecule has 1 aliphatic carbocycles. The Hall–Kier alpha value is -3.05. The number of Topliss-reactive ketones (excluding diaryl/α,β-unsaturated/α-hetero) is 1. The number of carbonyl (C=O) groups excluding carboxylic acids is 2. The first kappa shape index (κ1) is 19.3. The number of rotatable bonds is 4. The second-order valence-electron chi connectivity index (χ2n) is 6.87. The van der Waals surface area contributed by atoms with E-state index in [-0.39, 0.29) is 12.4 Å². The van der Waals surface area contributed by atoms with Gasteiger partial charge in [-0.25, -0.2) is 4.79 Å². The molecule has 5 nitrogen and oxygen atoms in total. The minimum atomic E-state index is -0.589. The predicted octanol–water partition coefficient (Wildman–Crippen LogP) is 4.48. The van der Waals surface area contributed by atoms with Crippen LogP contribution in [0, 0.1) is 0 Å². The molecule has 0 fully saturated rings. The van der Waals surface area contributed by atoms with Crippen molar-refractivity contribution in [2.45, 2.75) is 19.8 Å². The number of methoxy groups -OCH3 is 1. The van der Waals surface area contributed by atoms with Crippen molar-refractivity contribution in [1.29, 1.82) is 0 Å². The predicted molar refractivity (Wildman–Crippen MR) is 111 cm³/mol.